The third-order valence-corrected chi connectivity index (χ3v) is 6.46. The fourth-order valence-corrected chi connectivity index (χ4v) is 4.34. The number of allylic oxidation sites excluding steroid dienone is 1. The molecule has 10 nitrogen and oxygen atoms in total. The lowest BCUT2D eigenvalue weighted by Gasteiger charge is -2.12. The number of aromatic amines is 1. The molecule has 1 heterocycles. The van der Waals surface area contributed by atoms with Gasteiger partial charge in [0.15, 0.2) is 29.0 Å². The molecule has 43 heavy (non-hydrogen) atoms. The van der Waals surface area contributed by atoms with Crippen molar-refractivity contribution in [2.75, 3.05) is 20.3 Å². The number of fused-ring (bicyclic) bond motifs is 1. The van der Waals surface area contributed by atoms with Gasteiger partial charge in [-0.05, 0) is 60.0 Å². The molecule has 224 valence electrons. The number of halogens is 2. The number of carbonyl (C=O) groups excluding carboxylic acids is 1. The highest BCUT2D eigenvalue weighted by atomic mass is 19.1. The molecule has 4 aromatic rings. The van der Waals surface area contributed by atoms with Gasteiger partial charge in [0.2, 0.25) is 0 Å². The highest BCUT2D eigenvalue weighted by molar-refractivity contribution is 6.19. The van der Waals surface area contributed by atoms with Crippen LogP contribution in [0.5, 0.6) is 11.5 Å². The molecule has 0 aliphatic carbocycles. The van der Waals surface area contributed by atoms with Gasteiger partial charge >= 0.3 is 0 Å². The zero-order chi connectivity index (χ0) is 30.9. The molecule has 0 atom stereocenters. The van der Waals surface area contributed by atoms with Crippen LogP contribution in [-0.2, 0) is 17.7 Å². The maximum absolute atomic E-state index is 14.8. The molecule has 1 aromatic heterocycles. The van der Waals surface area contributed by atoms with Crippen LogP contribution in [0.25, 0.3) is 16.5 Å². The molecule has 0 saturated heterocycles. The molecule has 0 bridgehead atoms. The summed E-state index contributed by atoms with van der Waals surface area (Å²) in [5, 5.41) is 15.0. The third kappa shape index (κ3) is 7.15. The Balaban J connectivity index is 1.45. The first kappa shape index (κ1) is 30.7. The van der Waals surface area contributed by atoms with Crippen LogP contribution in [0.1, 0.15) is 41.2 Å². The number of nitrogens with one attached hydrogen (secondary N) is 2. The van der Waals surface area contributed by atoms with E-state index in [1.54, 1.807) is 19.9 Å². The van der Waals surface area contributed by atoms with E-state index in [-0.39, 0.29) is 47.3 Å². The molecular formula is C31H30F2N4O6. The van der Waals surface area contributed by atoms with E-state index in [9.17, 15) is 23.6 Å². The molecule has 0 saturated carbocycles. The Morgan fingerprint density at radius 1 is 1.09 bits per heavy atom. The number of amides is 1. The van der Waals surface area contributed by atoms with E-state index in [1.807, 2.05) is 24.3 Å². The molecule has 0 fully saturated rings. The van der Waals surface area contributed by atoms with Crippen molar-refractivity contribution >= 4 is 28.3 Å². The van der Waals surface area contributed by atoms with Gasteiger partial charge in [-0.25, -0.2) is 13.8 Å². The first-order valence-electron chi connectivity index (χ1n) is 13.4. The van der Waals surface area contributed by atoms with Crippen molar-refractivity contribution in [3.05, 3.63) is 105 Å². The lowest BCUT2D eigenvalue weighted by atomic mass is 10.0. The van der Waals surface area contributed by atoms with E-state index in [0.29, 0.717) is 24.2 Å². The van der Waals surface area contributed by atoms with E-state index < -0.39 is 23.1 Å². The number of hydrogen-bond donors (Lipinski definition) is 3. The molecule has 4 rings (SSSR count). The summed E-state index contributed by atoms with van der Waals surface area (Å²) in [6.45, 7) is 4.01. The maximum Gasteiger partial charge on any atom is 0.287 e. The minimum atomic E-state index is -0.748. The Kier molecular flexibility index (Phi) is 10.0. The van der Waals surface area contributed by atoms with E-state index in [4.69, 9.17) is 14.2 Å². The zero-order valence-corrected chi connectivity index (χ0v) is 23.7. The van der Waals surface area contributed by atoms with Gasteiger partial charge in [0.1, 0.15) is 5.39 Å². The molecule has 0 aliphatic rings. The number of benzene rings is 3. The number of nitrogens with zero attached hydrogens (tertiary/aromatic N) is 2. The predicted molar refractivity (Wildman–Crippen MR) is 157 cm³/mol. The monoisotopic (exact) mass is 592 g/mol. The van der Waals surface area contributed by atoms with E-state index in [1.165, 1.54) is 31.4 Å². The van der Waals surface area contributed by atoms with Gasteiger partial charge in [-0.2, -0.15) is 0 Å². The normalized spacial score (nSPS) is 11.8. The molecular weight excluding hydrogens is 562 g/mol. The summed E-state index contributed by atoms with van der Waals surface area (Å²) >= 11 is 0. The van der Waals surface area contributed by atoms with Crippen LogP contribution in [0.15, 0.2) is 70.6 Å². The van der Waals surface area contributed by atoms with Crippen molar-refractivity contribution < 1.29 is 33.0 Å². The van der Waals surface area contributed by atoms with Gasteiger partial charge in [-0.3, -0.25) is 9.59 Å². The number of methoxy groups -OCH3 is 1. The second kappa shape index (κ2) is 14.1. The fraction of sp³-hybridized carbons (Fsp3) is 0.226. The summed E-state index contributed by atoms with van der Waals surface area (Å²) in [7, 11) is 1.33. The van der Waals surface area contributed by atoms with Gasteiger partial charge in [0.25, 0.3) is 17.4 Å². The Labute approximate surface area is 245 Å². The van der Waals surface area contributed by atoms with Gasteiger partial charge in [-0.15, -0.1) is 0 Å². The highest BCUT2D eigenvalue weighted by Gasteiger charge is 2.18. The van der Waals surface area contributed by atoms with Gasteiger partial charge in [0, 0.05) is 18.5 Å². The number of ether oxygens (including phenoxy) is 3. The number of H-pyrrole nitrogens is 1. The molecule has 0 radical (unpaired) electrons. The smallest absolute Gasteiger partial charge is 0.287 e. The van der Waals surface area contributed by atoms with E-state index >= 15 is 0 Å². The second-order valence-corrected chi connectivity index (χ2v) is 9.17. The summed E-state index contributed by atoms with van der Waals surface area (Å²) in [5.41, 5.74) is 2.19. The Hall–Kier alpha value is -5.26. The number of carbonyl (C=O) groups is 1. The fourth-order valence-electron chi connectivity index (χ4n) is 4.34. The van der Waals surface area contributed by atoms with Crippen molar-refractivity contribution in [2.45, 2.75) is 26.8 Å². The molecule has 0 aliphatic heterocycles. The highest BCUT2D eigenvalue weighted by Crippen LogP contribution is 2.26. The number of hydrogen-bond acceptors (Lipinski definition) is 8. The average molecular weight is 593 g/mol. The van der Waals surface area contributed by atoms with Crippen molar-refractivity contribution in [1.29, 1.82) is 0 Å². The first-order chi connectivity index (χ1) is 20.8. The van der Waals surface area contributed by atoms with Crippen LogP contribution in [-0.4, -0.2) is 47.3 Å². The molecule has 12 heteroatoms. The topological polar surface area (TPSA) is 135 Å². The maximum atomic E-state index is 14.8. The van der Waals surface area contributed by atoms with Gasteiger partial charge in [0.05, 0.1) is 25.8 Å². The summed E-state index contributed by atoms with van der Waals surface area (Å²) < 4.78 is 44.4. The minimum absolute atomic E-state index is 0.0225. The molecule has 0 spiro atoms. The summed E-state index contributed by atoms with van der Waals surface area (Å²) in [6.07, 6.45) is 2.17. The number of oxime groups is 1. The minimum Gasteiger partial charge on any atom is -0.494 e. The van der Waals surface area contributed by atoms with Crippen LogP contribution in [0.2, 0.25) is 0 Å². The summed E-state index contributed by atoms with van der Waals surface area (Å²) in [6, 6.07) is 13.9. The van der Waals surface area contributed by atoms with Gasteiger partial charge < -0.3 is 29.7 Å². The lowest BCUT2D eigenvalue weighted by molar-refractivity contribution is 0.0940. The average Bonchev–Trinajstić information content (AvgIpc) is 3.02. The van der Waals surface area contributed by atoms with Crippen molar-refractivity contribution in [3.63, 3.8) is 0 Å². The Morgan fingerprint density at radius 3 is 2.49 bits per heavy atom. The standard InChI is InChI=1S/C31H30F2N4O6/c1-4-21(31(37-40)42-5-2)20-9-6-18(7-10-20)14-15-43-27-23(33)12-13-24-26(27)29(38)36-28(35-24)30(39)34-17-19-8-11-22(32)25(16-19)41-3/h4,6-13,16,40H,5,14-15,17H2,1-3H3,(H,34,39)(H,35,36,38)/b21-4+,37-31+. The first-order valence-corrected chi connectivity index (χ1v) is 13.4. The van der Waals surface area contributed by atoms with Crippen molar-refractivity contribution in [1.82, 2.24) is 15.3 Å². The SMILES string of the molecule is C/C=C(/C(=N\O)OCC)c1ccc(CCOc2c(F)ccc3nc(C(=O)NCc4ccc(F)c(OC)c4)[nH]c(=O)c23)cc1. The van der Waals surface area contributed by atoms with Crippen LogP contribution >= 0.6 is 0 Å². The molecule has 1 amide bonds. The van der Waals surface area contributed by atoms with E-state index in [2.05, 4.69) is 20.4 Å². The van der Waals surface area contributed by atoms with Crippen LogP contribution in [0.3, 0.4) is 0 Å². The third-order valence-electron chi connectivity index (χ3n) is 6.46. The summed E-state index contributed by atoms with van der Waals surface area (Å²) in [5.74, 6) is -2.37. The number of aromatic nitrogens is 2. The summed E-state index contributed by atoms with van der Waals surface area (Å²) in [4.78, 5) is 32.2. The van der Waals surface area contributed by atoms with Crippen LogP contribution in [0.4, 0.5) is 8.78 Å². The molecule has 3 aromatic carbocycles. The molecule has 3 N–H and O–H groups in total. The van der Waals surface area contributed by atoms with Crippen LogP contribution < -0.4 is 20.3 Å². The van der Waals surface area contributed by atoms with Crippen molar-refractivity contribution in [3.8, 4) is 11.5 Å². The lowest BCUT2D eigenvalue weighted by Crippen LogP contribution is -2.27. The van der Waals surface area contributed by atoms with Crippen LogP contribution in [0, 0.1) is 11.6 Å². The predicted octanol–water partition coefficient (Wildman–Crippen LogP) is 4.99. The van der Waals surface area contributed by atoms with Crippen molar-refractivity contribution in [2.24, 2.45) is 5.16 Å². The van der Waals surface area contributed by atoms with E-state index in [0.717, 1.165) is 17.2 Å². The number of rotatable bonds is 11. The Morgan fingerprint density at radius 2 is 1.81 bits per heavy atom. The second-order valence-electron chi connectivity index (χ2n) is 9.17. The zero-order valence-electron chi connectivity index (χ0n) is 23.7. The quantitative estimate of drug-likeness (QED) is 0.0967. The Bertz CT molecular complexity index is 1740. The molecule has 0 unspecified atom stereocenters. The largest absolute Gasteiger partial charge is 0.494 e. The van der Waals surface area contributed by atoms with Gasteiger partial charge in [-0.1, -0.05) is 36.4 Å².